The number of ether oxygens (including phenoxy) is 1. The largest absolute Gasteiger partial charge is 0.444 e. The Kier molecular flexibility index (Phi) is 5.96. The van der Waals surface area contributed by atoms with Crippen LogP contribution >= 0.6 is 0 Å². The molecule has 1 fully saturated rings. The van der Waals surface area contributed by atoms with Crippen molar-refractivity contribution in [1.29, 1.82) is 0 Å². The first-order valence-electron chi connectivity index (χ1n) is 10.1. The first-order valence-corrected chi connectivity index (χ1v) is 10.1. The lowest BCUT2D eigenvalue weighted by molar-refractivity contribution is -0.130. The van der Waals surface area contributed by atoms with E-state index in [9.17, 15) is 9.59 Å². The van der Waals surface area contributed by atoms with E-state index in [4.69, 9.17) is 4.74 Å². The van der Waals surface area contributed by atoms with E-state index in [2.05, 4.69) is 18.0 Å². The number of likely N-dealkylation sites (tertiary alicyclic amines) is 1. The van der Waals surface area contributed by atoms with Gasteiger partial charge in [0.05, 0.1) is 11.6 Å². The smallest absolute Gasteiger partial charge is 0.408 e. The maximum absolute atomic E-state index is 13.0. The van der Waals surface area contributed by atoms with Crippen LogP contribution in [0.4, 0.5) is 4.79 Å². The number of alkyl carbamates (subject to hydrolysis) is 1. The van der Waals surface area contributed by atoms with Gasteiger partial charge in [0.15, 0.2) is 0 Å². The summed E-state index contributed by atoms with van der Waals surface area (Å²) in [7, 11) is 0. The van der Waals surface area contributed by atoms with Crippen molar-refractivity contribution < 1.29 is 14.3 Å². The number of carbonyl (C=O) groups excluding carboxylic acids is 2. The van der Waals surface area contributed by atoms with Crippen LogP contribution in [0, 0.1) is 5.92 Å². The molecule has 5 heteroatoms. The van der Waals surface area contributed by atoms with Crippen LogP contribution in [0.2, 0.25) is 0 Å². The van der Waals surface area contributed by atoms with Gasteiger partial charge in [0.25, 0.3) is 0 Å². The first kappa shape index (κ1) is 20.9. The summed E-state index contributed by atoms with van der Waals surface area (Å²) in [6, 6.07) is 9.45. The molecule has 1 aromatic rings. The van der Waals surface area contributed by atoms with Gasteiger partial charge in [-0.1, -0.05) is 60.7 Å². The first-order chi connectivity index (χ1) is 13.7. The van der Waals surface area contributed by atoms with Crippen molar-refractivity contribution >= 4 is 12.0 Å². The SMILES string of the molecule is C=C[C@@]1(N2C[C@H](C(NC(=O)OC(C)(C)C)c3ccccc3)CC2=O)C=CC=CC1. The van der Waals surface area contributed by atoms with E-state index >= 15 is 0 Å². The molecule has 1 saturated heterocycles. The van der Waals surface area contributed by atoms with Crippen LogP contribution < -0.4 is 5.32 Å². The number of hydrogen-bond acceptors (Lipinski definition) is 3. The molecule has 0 spiro atoms. The number of allylic oxidation sites excluding steroid dienone is 2. The fourth-order valence-corrected chi connectivity index (χ4v) is 4.02. The zero-order valence-electron chi connectivity index (χ0n) is 17.4. The van der Waals surface area contributed by atoms with Gasteiger partial charge in [0, 0.05) is 18.9 Å². The molecule has 5 nitrogen and oxygen atoms in total. The van der Waals surface area contributed by atoms with E-state index in [1.54, 1.807) is 0 Å². The van der Waals surface area contributed by atoms with Gasteiger partial charge >= 0.3 is 6.09 Å². The fraction of sp³-hybridized carbons (Fsp3) is 0.417. The van der Waals surface area contributed by atoms with Crippen LogP contribution in [-0.4, -0.2) is 34.6 Å². The molecule has 1 aliphatic carbocycles. The minimum absolute atomic E-state index is 0.0615. The van der Waals surface area contributed by atoms with Crippen molar-refractivity contribution in [2.75, 3.05) is 6.54 Å². The number of benzene rings is 1. The number of hydrogen-bond donors (Lipinski definition) is 1. The van der Waals surface area contributed by atoms with Crippen LogP contribution in [0.3, 0.4) is 0 Å². The average Bonchev–Trinajstić information content (AvgIpc) is 3.08. The molecule has 1 heterocycles. The average molecular weight is 395 g/mol. The van der Waals surface area contributed by atoms with E-state index in [1.165, 1.54) is 0 Å². The minimum atomic E-state index is -0.588. The third kappa shape index (κ3) is 4.78. The van der Waals surface area contributed by atoms with Crippen molar-refractivity contribution in [3.8, 4) is 0 Å². The second kappa shape index (κ2) is 8.27. The van der Waals surface area contributed by atoms with Gasteiger partial charge in [-0.05, 0) is 32.8 Å². The standard InChI is InChI=1S/C24H30N2O3/c1-5-24(14-10-7-11-15-24)26-17-19(16-20(26)27)21(18-12-8-6-9-13-18)25-22(28)29-23(2,3)4/h5-14,19,21H,1,15-17H2,2-4H3,(H,25,28)/t19-,21?,24-/m1/s1. The summed E-state index contributed by atoms with van der Waals surface area (Å²) in [6.07, 6.45) is 10.5. The van der Waals surface area contributed by atoms with Gasteiger partial charge in [-0.25, -0.2) is 4.79 Å². The quantitative estimate of drug-likeness (QED) is 0.746. The van der Waals surface area contributed by atoms with Crippen molar-refractivity contribution in [3.63, 3.8) is 0 Å². The molecule has 154 valence electrons. The Balaban J connectivity index is 1.84. The van der Waals surface area contributed by atoms with Gasteiger partial charge in [-0.3, -0.25) is 4.79 Å². The number of amides is 2. The summed E-state index contributed by atoms with van der Waals surface area (Å²) in [4.78, 5) is 27.4. The predicted octanol–water partition coefficient (Wildman–Crippen LogP) is 4.54. The summed E-state index contributed by atoms with van der Waals surface area (Å²) in [5, 5.41) is 3.01. The van der Waals surface area contributed by atoms with E-state index in [0.29, 0.717) is 19.4 Å². The van der Waals surface area contributed by atoms with Crippen LogP contribution in [0.25, 0.3) is 0 Å². The second-order valence-electron chi connectivity index (χ2n) is 8.69. The van der Waals surface area contributed by atoms with E-state index in [1.807, 2.05) is 80.3 Å². The number of nitrogens with one attached hydrogen (secondary N) is 1. The summed E-state index contributed by atoms with van der Waals surface area (Å²) in [6.45, 7) is 10.0. The normalized spacial score (nSPS) is 25.0. The molecular weight excluding hydrogens is 364 g/mol. The van der Waals surface area contributed by atoms with Gasteiger partial charge in [-0.15, -0.1) is 6.58 Å². The zero-order valence-corrected chi connectivity index (χ0v) is 17.4. The molecule has 0 radical (unpaired) electrons. The topological polar surface area (TPSA) is 58.6 Å². The molecule has 2 amide bonds. The number of carbonyl (C=O) groups is 2. The summed E-state index contributed by atoms with van der Waals surface area (Å²) in [5.41, 5.74) is -0.132. The van der Waals surface area contributed by atoms with Gasteiger partial charge in [0.2, 0.25) is 5.91 Å². The third-order valence-corrected chi connectivity index (χ3v) is 5.39. The third-order valence-electron chi connectivity index (χ3n) is 5.39. The second-order valence-corrected chi connectivity index (χ2v) is 8.69. The van der Waals surface area contributed by atoms with Crippen LogP contribution in [0.5, 0.6) is 0 Å². The lowest BCUT2D eigenvalue weighted by Crippen LogP contribution is -2.47. The minimum Gasteiger partial charge on any atom is -0.444 e. The molecule has 3 rings (SSSR count). The Morgan fingerprint density at radius 3 is 2.62 bits per heavy atom. The Morgan fingerprint density at radius 1 is 1.31 bits per heavy atom. The molecule has 3 atom stereocenters. The van der Waals surface area contributed by atoms with Gasteiger partial charge in [0.1, 0.15) is 5.60 Å². The lowest BCUT2D eigenvalue weighted by Gasteiger charge is -2.38. The van der Waals surface area contributed by atoms with Crippen LogP contribution in [0.15, 0.2) is 67.3 Å². The highest BCUT2D eigenvalue weighted by atomic mass is 16.6. The highest BCUT2D eigenvalue weighted by Gasteiger charge is 2.44. The molecule has 0 bridgehead atoms. The van der Waals surface area contributed by atoms with E-state index in [0.717, 1.165) is 5.56 Å². The number of nitrogens with zero attached hydrogens (tertiary/aromatic N) is 1. The Hall–Kier alpha value is -2.82. The lowest BCUT2D eigenvalue weighted by atomic mass is 9.89. The van der Waals surface area contributed by atoms with Gasteiger partial charge in [-0.2, -0.15) is 0 Å². The molecule has 1 unspecified atom stereocenters. The van der Waals surface area contributed by atoms with E-state index in [-0.39, 0.29) is 17.9 Å². The monoisotopic (exact) mass is 394 g/mol. The molecule has 0 saturated carbocycles. The molecule has 29 heavy (non-hydrogen) atoms. The highest BCUT2D eigenvalue weighted by Crippen LogP contribution is 2.38. The Bertz CT molecular complexity index is 822. The van der Waals surface area contributed by atoms with Crippen LogP contribution in [-0.2, 0) is 9.53 Å². The zero-order chi connectivity index (χ0) is 21.1. The van der Waals surface area contributed by atoms with Crippen molar-refractivity contribution in [2.45, 2.75) is 50.8 Å². The maximum Gasteiger partial charge on any atom is 0.408 e. The molecule has 1 aliphatic heterocycles. The molecule has 1 N–H and O–H groups in total. The Labute approximate surface area is 173 Å². The molecule has 0 aromatic heterocycles. The summed E-state index contributed by atoms with van der Waals surface area (Å²) < 4.78 is 5.48. The van der Waals surface area contributed by atoms with Crippen molar-refractivity contribution in [1.82, 2.24) is 10.2 Å². The fourth-order valence-electron chi connectivity index (χ4n) is 4.02. The highest BCUT2D eigenvalue weighted by molar-refractivity contribution is 5.81. The Morgan fingerprint density at radius 2 is 2.03 bits per heavy atom. The van der Waals surface area contributed by atoms with Crippen molar-refractivity contribution in [3.05, 3.63) is 72.9 Å². The van der Waals surface area contributed by atoms with Gasteiger partial charge < -0.3 is 15.0 Å². The molecule has 1 aromatic carbocycles. The van der Waals surface area contributed by atoms with Crippen LogP contribution in [0.1, 0.15) is 45.2 Å². The number of rotatable bonds is 5. The predicted molar refractivity (Wildman–Crippen MR) is 114 cm³/mol. The summed E-state index contributed by atoms with van der Waals surface area (Å²) in [5.74, 6) is 0.00955. The molecule has 2 aliphatic rings. The molecular formula is C24H30N2O3. The summed E-state index contributed by atoms with van der Waals surface area (Å²) >= 11 is 0. The van der Waals surface area contributed by atoms with Crippen molar-refractivity contribution in [2.24, 2.45) is 5.92 Å². The van der Waals surface area contributed by atoms with E-state index < -0.39 is 17.2 Å². The maximum atomic E-state index is 13.0.